The first-order chi connectivity index (χ1) is 6.91. The van der Waals surface area contributed by atoms with Crippen LogP contribution in [-0.4, -0.2) is 28.0 Å². The van der Waals surface area contributed by atoms with E-state index in [0.29, 0.717) is 10.8 Å². The molecule has 6 nitrogen and oxygen atoms in total. The van der Waals surface area contributed by atoms with Crippen molar-refractivity contribution in [1.29, 1.82) is 0 Å². The van der Waals surface area contributed by atoms with Crippen molar-refractivity contribution in [3.05, 3.63) is 10.6 Å². The standard InChI is InChI=1S/C8H11N3O3S/c1-3-5(7(13)14)15-8(10-3)11-4(2)6(9)12/h4H,1-2H3,(H2,9,12)(H,10,11)(H,13,14). The second-order valence-electron chi connectivity index (χ2n) is 3.01. The van der Waals surface area contributed by atoms with Crippen LogP contribution >= 0.6 is 11.3 Å². The molecule has 0 aliphatic carbocycles. The SMILES string of the molecule is Cc1nc(NC(C)C(N)=O)sc1C(=O)O. The van der Waals surface area contributed by atoms with Gasteiger partial charge >= 0.3 is 5.97 Å². The number of carboxylic acids is 1. The number of primary amides is 1. The molecule has 1 aromatic rings. The van der Waals surface area contributed by atoms with E-state index in [1.54, 1.807) is 13.8 Å². The Morgan fingerprint density at radius 2 is 2.20 bits per heavy atom. The number of anilines is 1. The summed E-state index contributed by atoms with van der Waals surface area (Å²) < 4.78 is 0. The van der Waals surface area contributed by atoms with Crippen LogP contribution in [0.15, 0.2) is 0 Å². The zero-order valence-electron chi connectivity index (χ0n) is 8.27. The average Bonchev–Trinajstić information content (AvgIpc) is 2.46. The lowest BCUT2D eigenvalue weighted by Gasteiger charge is -2.07. The molecule has 1 atom stereocenters. The molecular formula is C8H11N3O3S. The molecule has 1 aromatic heterocycles. The lowest BCUT2D eigenvalue weighted by molar-refractivity contribution is -0.118. The summed E-state index contributed by atoms with van der Waals surface area (Å²) in [6, 6.07) is -0.572. The van der Waals surface area contributed by atoms with Gasteiger partial charge in [0.1, 0.15) is 10.9 Å². The minimum absolute atomic E-state index is 0.161. The van der Waals surface area contributed by atoms with Crippen LogP contribution in [-0.2, 0) is 4.79 Å². The number of aromatic carboxylic acids is 1. The normalized spacial score (nSPS) is 12.1. The molecular weight excluding hydrogens is 218 g/mol. The fraction of sp³-hybridized carbons (Fsp3) is 0.375. The maximum atomic E-state index is 10.7. The molecule has 0 bridgehead atoms. The second-order valence-corrected chi connectivity index (χ2v) is 4.01. The third-order valence-electron chi connectivity index (χ3n) is 1.76. The number of carboxylic acid groups (broad SMARTS) is 1. The van der Waals surface area contributed by atoms with Crippen molar-refractivity contribution in [2.24, 2.45) is 5.73 Å². The molecule has 7 heteroatoms. The molecule has 1 rings (SSSR count). The van der Waals surface area contributed by atoms with Crippen molar-refractivity contribution in [2.75, 3.05) is 5.32 Å². The van der Waals surface area contributed by atoms with Gasteiger partial charge in [-0.15, -0.1) is 0 Å². The smallest absolute Gasteiger partial charge is 0.347 e. The molecule has 0 aliphatic rings. The number of aromatic nitrogens is 1. The van der Waals surface area contributed by atoms with E-state index in [1.165, 1.54) is 0 Å². The van der Waals surface area contributed by atoms with Gasteiger partial charge in [0.05, 0.1) is 5.69 Å². The highest BCUT2D eigenvalue weighted by Gasteiger charge is 2.16. The number of hydrogen-bond acceptors (Lipinski definition) is 5. The predicted octanol–water partition coefficient (Wildman–Crippen LogP) is 0.435. The third-order valence-corrected chi connectivity index (χ3v) is 2.83. The van der Waals surface area contributed by atoms with Gasteiger partial charge < -0.3 is 16.2 Å². The molecule has 0 fully saturated rings. The Labute approximate surface area is 90.1 Å². The molecule has 4 N–H and O–H groups in total. The van der Waals surface area contributed by atoms with E-state index < -0.39 is 17.9 Å². The lowest BCUT2D eigenvalue weighted by atomic mass is 10.3. The number of carbonyl (C=O) groups excluding carboxylic acids is 1. The minimum atomic E-state index is -1.02. The molecule has 82 valence electrons. The zero-order valence-corrected chi connectivity index (χ0v) is 9.09. The summed E-state index contributed by atoms with van der Waals surface area (Å²) in [6.07, 6.45) is 0. The summed E-state index contributed by atoms with van der Waals surface area (Å²) in [5.41, 5.74) is 5.47. The topological polar surface area (TPSA) is 105 Å². The number of aryl methyl sites for hydroxylation is 1. The summed E-state index contributed by atoms with van der Waals surface area (Å²) in [6.45, 7) is 3.18. The molecule has 0 saturated heterocycles. The van der Waals surface area contributed by atoms with E-state index in [0.717, 1.165) is 11.3 Å². The van der Waals surface area contributed by atoms with E-state index in [2.05, 4.69) is 10.3 Å². The number of thiazole rings is 1. The average molecular weight is 229 g/mol. The minimum Gasteiger partial charge on any atom is -0.477 e. The van der Waals surface area contributed by atoms with E-state index in [4.69, 9.17) is 10.8 Å². The molecule has 0 saturated carbocycles. The number of carbonyl (C=O) groups is 2. The van der Waals surface area contributed by atoms with E-state index in [-0.39, 0.29) is 4.88 Å². The fourth-order valence-corrected chi connectivity index (χ4v) is 1.81. The van der Waals surface area contributed by atoms with Crippen molar-refractivity contribution in [3.8, 4) is 0 Å². The Morgan fingerprint density at radius 3 is 2.60 bits per heavy atom. The van der Waals surface area contributed by atoms with Gasteiger partial charge in [-0.3, -0.25) is 4.79 Å². The highest BCUT2D eigenvalue weighted by atomic mass is 32.1. The van der Waals surface area contributed by atoms with Crippen LogP contribution in [0.2, 0.25) is 0 Å². The Bertz CT molecular complexity index is 402. The maximum absolute atomic E-state index is 10.7. The number of nitrogens with two attached hydrogens (primary N) is 1. The first-order valence-corrected chi connectivity index (χ1v) is 5.00. The number of amides is 1. The van der Waals surface area contributed by atoms with Crippen molar-refractivity contribution in [1.82, 2.24) is 4.98 Å². The molecule has 15 heavy (non-hydrogen) atoms. The van der Waals surface area contributed by atoms with Crippen LogP contribution in [0.4, 0.5) is 5.13 Å². The van der Waals surface area contributed by atoms with E-state index in [9.17, 15) is 9.59 Å². The first kappa shape index (κ1) is 11.4. The Hall–Kier alpha value is -1.63. The summed E-state index contributed by atoms with van der Waals surface area (Å²) >= 11 is 0.984. The van der Waals surface area contributed by atoms with Gasteiger partial charge in [0.2, 0.25) is 5.91 Å². The summed E-state index contributed by atoms with van der Waals surface area (Å²) in [4.78, 5) is 25.6. The number of nitrogens with one attached hydrogen (secondary N) is 1. The van der Waals surface area contributed by atoms with Crippen LogP contribution in [0.1, 0.15) is 22.3 Å². The van der Waals surface area contributed by atoms with Crippen molar-refractivity contribution < 1.29 is 14.7 Å². The molecule has 1 unspecified atom stereocenters. The molecule has 1 heterocycles. The number of nitrogens with zero attached hydrogens (tertiary/aromatic N) is 1. The van der Waals surface area contributed by atoms with Gasteiger partial charge in [-0.1, -0.05) is 11.3 Å². The second kappa shape index (κ2) is 4.26. The quantitative estimate of drug-likeness (QED) is 0.694. The van der Waals surface area contributed by atoms with Crippen molar-refractivity contribution in [3.63, 3.8) is 0 Å². The van der Waals surface area contributed by atoms with Crippen LogP contribution in [0.25, 0.3) is 0 Å². The highest BCUT2D eigenvalue weighted by Crippen LogP contribution is 2.22. The van der Waals surface area contributed by atoms with E-state index >= 15 is 0 Å². The largest absolute Gasteiger partial charge is 0.477 e. The Morgan fingerprint density at radius 1 is 1.60 bits per heavy atom. The van der Waals surface area contributed by atoms with Crippen LogP contribution in [0.5, 0.6) is 0 Å². The van der Waals surface area contributed by atoms with Crippen LogP contribution in [0, 0.1) is 6.92 Å². The van der Waals surface area contributed by atoms with Gasteiger partial charge in [-0.2, -0.15) is 0 Å². The van der Waals surface area contributed by atoms with Gasteiger partial charge in [0.15, 0.2) is 5.13 Å². The molecule has 1 amide bonds. The summed E-state index contributed by atoms with van der Waals surface area (Å²) in [7, 11) is 0. The molecule has 0 aromatic carbocycles. The molecule has 0 aliphatic heterocycles. The lowest BCUT2D eigenvalue weighted by Crippen LogP contribution is -2.32. The van der Waals surface area contributed by atoms with Crippen LogP contribution in [0.3, 0.4) is 0 Å². The van der Waals surface area contributed by atoms with Crippen molar-refractivity contribution in [2.45, 2.75) is 19.9 Å². The van der Waals surface area contributed by atoms with Gasteiger partial charge in [-0.25, -0.2) is 9.78 Å². The maximum Gasteiger partial charge on any atom is 0.347 e. The molecule has 0 spiro atoms. The fourth-order valence-electron chi connectivity index (χ4n) is 0.913. The number of rotatable bonds is 4. The van der Waals surface area contributed by atoms with Crippen LogP contribution < -0.4 is 11.1 Å². The number of hydrogen-bond donors (Lipinski definition) is 3. The third kappa shape index (κ3) is 2.66. The van der Waals surface area contributed by atoms with Gasteiger partial charge in [0.25, 0.3) is 0 Å². The Kier molecular flexibility index (Phi) is 3.25. The van der Waals surface area contributed by atoms with E-state index in [1.807, 2.05) is 0 Å². The Balaban J connectivity index is 2.84. The monoisotopic (exact) mass is 229 g/mol. The highest BCUT2D eigenvalue weighted by molar-refractivity contribution is 7.17. The first-order valence-electron chi connectivity index (χ1n) is 4.18. The van der Waals surface area contributed by atoms with Crippen molar-refractivity contribution >= 4 is 28.3 Å². The zero-order chi connectivity index (χ0) is 11.6. The molecule has 0 radical (unpaired) electrons. The predicted molar refractivity (Wildman–Crippen MR) is 56.1 cm³/mol. The summed E-state index contributed by atoms with van der Waals surface area (Å²) in [5.74, 6) is -1.54. The van der Waals surface area contributed by atoms with Gasteiger partial charge in [0, 0.05) is 0 Å². The summed E-state index contributed by atoms with van der Waals surface area (Å²) in [5, 5.41) is 11.9. The van der Waals surface area contributed by atoms with Gasteiger partial charge in [-0.05, 0) is 13.8 Å².